The minimum absolute atomic E-state index is 0.112. The van der Waals surface area contributed by atoms with E-state index in [9.17, 15) is 5.11 Å². The summed E-state index contributed by atoms with van der Waals surface area (Å²) in [4.78, 5) is 0. The van der Waals surface area contributed by atoms with Gasteiger partial charge in [-0.25, -0.2) is 0 Å². The van der Waals surface area contributed by atoms with Crippen molar-refractivity contribution in [3.8, 4) is 23.0 Å². The van der Waals surface area contributed by atoms with Gasteiger partial charge in [0.1, 0.15) is 5.75 Å². The first-order chi connectivity index (χ1) is 12.7. The van der Waals surface area contributed by atoms with Crippen molar-refractivity contribution in [2.75, 3.05) is 26.6 Å². The highest BCUT2D eigenvalue weighted by Gasteiger charge is 2.38. The number of phenols is 1. The number of hydrogen-bond donors (Lipinski definition) is 2. The van der Waals surface area contributed by atoms with Gasteiger partial charge >= 0.3 is 0 Å². The maximum Gasteiger partial charge on any atom is 0.203 e. The minimum Gasteiger partial charge on any atom is -0.508 e. The van der Waals surface area contributed by atoms with E-state index in [1.165, 1.54) is 0 Å². The Morgan fingerprint density at radius 2 is 1.73 bits per heavy atom. The Labute approximate surface area is 153 Å². The van der Waals surface area contributed by atoms with Crippen LogP contribution in [0, 0.1) is 5.92 Å². The highest BCUT2D eigenvalue weighted by molar-refractivity contribution is 5.63. The van der Waals surface area contributed by atoms with Crippen molar-refractivity contribution in [3.63, 3.8) is 0 Å². The third-order valence-electron chi connectivity index (χ3n) is 5.39. The summed E-state index contributed by atoms with van der Waals surface area (Å²) in [5.41, 5.74) is 3.29. The van der Waals surface area contributed by atoms with E-state index in [-0.39, 0.29) is 12.0 Å². The number of fused-ring (bicyclic) bond motifs is 3. The predicted octanol–water partition coefficient (Wildman–Crippen LogP) is 4.24. The van der Waals surface area contributed by atoms with Crippen LogP contribution in [0.4, 0.5) is 5.69 Å². The second-order valence-corrected chi connectivity index (χ2v) is 6.71. The van der Waals surface area contributed by atoms with Crippen molar-refractivity contribution >= 4 is 5.69 Å². The molecule has 136 valence electrons. The molecule has 0 aromatic heterocycles. The van der Waals surface area contributed by atoms with E-state index in [4.69, 9.17) is 14.2 Å². The maximum absolute atomic E-state index is 9.89. The molecule has 2 N–H and O–H groups in total. The van der Waals surface area contributed by atoms with Crippen molar-refractivity contribution < 1.29 is 19.3 Å². The van der Waals surface area contributed by atoms with Crippen LogP contribution in [0.5, 0.6) is 23.0 Å². The Kier molecular flexibility index (Phi) is 4.15. The highest BCUT2D eigenvalue weighted by atomic mass is 16.5. The molecule has 0 radical (unpaired) electrons. The molecule has 3 atom stereocenters. The van der Waals surface area contributed by atoms with Crippen LogP contribution in [0.25, 0.3) is 0 Å². The first-order valence-electron chi connectivity index (χ1n) is 8.72. The lowest BCUT2D eigenvalue weighted by Crippen LogP contribution is -2.29. The van der Waals surface area contributed by atoms with Crippen LogP contribution < -0.4 is 19.5 Å². The zero-order valence-corrected chi connectivity index (χ0v) is 15.2. The first-order valence-corrected chi connectivity index (χ1v) is 8.72. The first kappa shape index (κ1) is 16.6. The summed E-state index contributed by atoms with van der Waals surface area (Å²) in [6, 6.07) is 9.66. The van der Waals surface area contributed by atoms with E-state index in [0.717, 1.165) is 23.2 Å². The van der Waals surface area contributed by atoms with Gasteiger partial charge in [0, 0.05) is 11.6 Å². The predicted molar refractivity (Wildman–Crippen MR) is 101 cm³/mol. The van der Waals surface area contributed by atoms with E-state index in [2.05, 4.69) is 17.5 Å². The number of benzene rings is 2. The van der Waals surface area contributed by atoms with Crippen LogP contribution in [0.3, 0.4) is 0 Å². The molecule has 5 nitrogen and oxygen atoms in total. The number of anilines is 1. The smallest absolute Gasteiger partial charge is 0.203 e. The van der Waals surface area contributed by atoms with Crippen molar-refractivity contribution in [1.82, 2.24) is 0 Å². The second kappa shape index (κ2) is 6.48. The molecule has 5 heteroatoms. The van der Waals surface area contributed by atoms with E-state index >= 15 is 0 Å². The van der Waals surface area contributed by atoms with Gasteiger partial charge in [-0.2, -0.15) is 0 Å². The lowest BCUT2D eigenvalue weighted by atomic mass is 9.77. The molecule has 0 saturated heterocycles. The molecule has 0 fully saturated rings. The van der Waals surface area contributed by atoms with Gasteiger partial charge in [-0.05, 0) is 53.8 Å². The van der Waals surface area contributed by atoms with Gasteiger partial charge in [-0.3, -0.25) is 0 Å². The lowest BCUT2D eigenvalue weighted by molar-refractivity contribution is 0.322. The molecule has 2 aromatic rings. The fourth-order valence-corrected chi connectivity index (χ4v) is 4.19. The molecule has 1 heterocycles. The average Bonchev–Trinajstić information content (AvgIpc) is 3.16. The van der Waals surface area contributed by atoms with E-state index in [1.54, 1.807) is 27.4 Å². The summed E-state index contributed by atoms with van der Waals surface area (Å²) in [7, 11) is 4.87. The molecule has 3 unspecified atom stereocenters. The molecule has 26 heavy (non-hydrogen) atoms. The number of phenolic OH excluding ortho intramolecular Hbond substituents is 1. The molecular formula is C21H23NO4. The maximum atomic E-state index is 9.89. The molecule has 1 aliphatic heterocycles. The Morgan fingerprint density at radius 3 is 2.38 bits per heavy atom. The third-order valence-corrected chi connectivity index (χ3v) is 5.39. The molecule has 0 saturated carbocycles. The van der Waals surface area contributed by atoms with Crippen LogP contribution in [0.2, 0.25) is 0 Å². The number of hydrogen-bond acceptors (Lipinski definition) is 5. The van der Waals surface area contributed by atoms with Gasteiger partial charge in [-0.15, -0.1) is 0 Å². The monoisotopic (exact) mass is 353 g/mol. The molecule has 2 aliphatic rings. The molecule has 0 spiro atoms. The second-order valence-electron chi connectivity index (χ2n) is 6.71. The van der Waals surface area contributed by atoms with Crippen LogP contribution in [0.15, 0.2) is 42.5 Å². The zero-order chi connectivity index (χ0) is 18.3. The van der Waals surface area contributed by atoms with Crippen molar-refractivity contribution in [3.05, 3.63) is 53.6 Å². The number of allylic oxidation sites excluding steroid dienone is 2. The van der Waals surface area contributed by atoms with Gasteiger partial charge < -0.3 is 24.6 Å². The van der Waals surface area contributed by atoms with Gasteiger partial charge in [0.25, 0.3) is 0 Å². The third kappa shape index (κ3) is 2.55. The summed E-state index contributed by atoms with van der Waals surface area (Å²) in [6.07, 6.45) is 5.45. The van der Waals surface area contributed by atoms with Gasteiger partial charge in [0.15, 0.2) is 11.5 Å². The van der Waals surface area contributed by atoms with Crippen molar-refractivity contribution in [2.24, 2.45) is 5.92 Å². The van der Waals surface area contributed by atoms with Gasteiger partial charge in [0.2, 0.25) is 5.75 Å². The number of ether oxygens (including phenoxy) is 3. The van der Waals surface area contributed by atoms with Crippen molar-refractivity contribution in [2.45, 2.75) is 18.4 Å². The number of rotatable bonds is 4. The number of methoxy groups -OCH3 is 3. The molecule has 1 aliphatic carbocycles. The van der Waals surface area contributed by atoms with Crippen LogP contribution in [0.1, 0.15) is 29.5 Å². The largest absolute Gasteiger partial charge is 0.508 e. The van der Waals surface area contributed by atoms with E-state index in [0.29, 0.717) is 28.9 Å². The standard InChI is InChI=1S/C21H23NO4/c1-24-18-9-12(10-19(25-2)21(18)26-3)20-15-6-4-5-14(15)16-11-13(23)7-8-17(16)22-20/h4-5,7-11,14-15,20,22-23H,6H2,1-3H3. The quantitative estimate of drug-likeness (QED) is 0.636. The minimum atomic E-state index is 0.112. The molecule has 4 rings (SSSR count). The Bertz CT molecular complexity index is 836. The highest BCUT2D eigenvalue weighted by Crippen LogP contribution is 2.52. The fourth-order valence-electron chi connectivity index (χ4n) is 4.19. The number of nitrogens with one attached hydrogen (secondary N) is 1. The summed E-state index contributed by atoms with van der Waals surface area (Å²) in [5, 5.41) is 13.5. The lowest BCUT2D eigenvalue weighted by Gasteiger charge is -2.37. The van der Waals surface area contributed by atoms with E-state index < -0.39 is 0 Å². The van der Waals surface area contributed by atoms with Crippen LogP contribution >= 0.6 is 0 Å². The Hall–Kier alpha value is -2.82. The SMILES string of the molecule is COc1cc(C2Nc3ccc(O)cc3C3C=CCC32)cc(OC)c1OC. The Balaban J connectivity index is 1.80. The zero-order valence-electron chi connectivity index (χ0n) is 15.2. The number of aromatic hydroxyl groups is 1. The summed E-state index contributed by atoms with van der Waals surface area (Å²) in [5.74, 6) is 2.86. The van der Waals surface area contributed by atoms with Gasteiger partial charge in [0.05, 0.1) is 27.4 Å². The molecular weight excluding hydrogens is 330 g/mol. The molecule has 0 bridgehead atoms. The summed E-state index contributed by atoms with van der Waals surface area (Å²) < 4.78 is 16.5. The Morgan fingerprint density at radius 1 is 1.00 bits per heavy atom. The normalized spacial score (nSPS) is 23.0. The summed E-state index contributed by atoms with van der Waals surface area (Å²) >= 11 is 0. The topological polar surface area (TPSA) is 60.0 Å². The molecule has 0 amide bonds. The van der Waals surface area contributed by atoms with Gasteiger partial charge in [-0.1, -0.05) is 12.2 Å². The van der Waals surface area contributed by atoms with Crippen LogP contribution in [-0.4, -0.2) is 26.4 Å². The molecule has 2 aromatic carbocycles. The van der Waals surface area contributed by atoms with Crippen LogP contribution in [-0.2, 0) is 0 Å². The van der Waals surface area contributed by atoms with E-state index in [1.807, 2.05) is 24.3 Å². The fraction of sp³-hybridized carbons (Fsp3) is 0.333. The summed E-state index contributed by atoms with van der Waals surface area (Å²) in [6.45, 7) is 0. The van der Waals surface area contributed by atoms with Crippen molar-refractivity contribution in [1.29, 1.82) is 0 Å². The average molecular weight is 353 g/mol.